The largest absolute Gasteiger partial charge is 0.368 e. The maximum atomic E-state index is 5.98. The topological polar surface area (TPSA) is 69.0 Å². The van der Waals surface area contributed by atoms with Crippen molar-refractivity contribution in [1.82, 2.24) is 30.1 Å². The highest BCUT2D eigenvalue weighted by atomic mass is 32.1. The monoisotopic (exact) mass is 348 g/mol. The van der Waals surface area contributed by atoms with Crippen LogP contribution in [0.1, 0.15) is 62.3 Å². The van der Waals surface area contributed by atoms with Crippen LogP contribution in [0.5, 0.6) is 0 Å². The number of morpholine rings is 1. The van der Waals surface area contributed by atoms with Crippen molar-refractivity contribution >= 4 is 11.3 Å². The van der Waals surface area contributed by atoms with Crippen LogP contribution in [0, 0.1) is 0 Å². The van der Waals surface area contributed by atoms with Crippen LogP contribution >= 0.6 is 11.3 Å². The summed E-state index contributed by atoms with van der Waals surface area (Å²) in [5.41, 5.74) is 1.22. The van der Waals surface area contributed by atoms with Gasteiger partial charge in [0.15, 0.2) is 5.82 Å². The Bertz CT molecular complexity index is 701. The van der Waals surface area contributed by atoms with Crippen molar-refractivity contribution < 1.29 is 4.74 Å². The Morgan fingerprint density at radius 3 is 2.88 bits per heavy atom. The molecule has 0 radical (unpaired) electrons. The smallest absolute Gasteiger partial charge is 0.165 e. The average Bonchev–Trinajstić information content (AvgIpc) is 3.08. The summed E-state index contributed by atoms with van der Waals surface area (Å²) in [5, 5.41) is 15.4. The van der Waals surface area contributed by atoms with Gasteiger partial charge in [-0.1, -0.05) is 20.8 Å². The SMILES string of the molecule is CC(C)(C)c1csc([C@H]2CN(Cc3nnnn3C3CC3)CCO2)n1. The van der Waals surface area contributed by atoms with Crippen LogP contribution < -0.4 is 0 Å². The predicted octanol–water partition coefficient (Wildman–Crippen LogP) is 2.34. The van der Waals surface area contributed by atoms with E-state index in [4.69, 9.17) is 9.72 Å². The van der Waals surface area contributed by atoms with Crippen molar-refractivity contribution in [2.75, 3.05) is 19.7 Å². The number of hydrogen-bond donors (Lipinski definition) is 0. The minimum absolute atomic E-state index is 0.0464. The Balaban J connectivity index is 1.43. The molecule has 3 heterocycles. The van der Waals surface area contributed by atoms with E-state index in [1.807, 2.05) is 4.68 Å². The molecule has 0 amide bonds. The molecule has 0 spiro atoms. The van der Waals surface area contributed by atoms with Gasteiger partial charge in [-0.3, -0.25) is 4.90 Å². The van der Waals surface area contributed by atoms with Gasteiger partial charge >= 0.3 is 0 Å². The van der Waals surface area contributed by atoms with Gasteiger partial charge in [0.1, 0.15) is 11.1 Å². The lowest BCUT2D eigenvalue weighted by molar-refractivity contribution is -0.0342. The van der Waals surface area contributed by atoms with Gasteiger partial charge in [-0.25, -0.2) is 9.67 Å². The highest BCUT2D eigenvalue weighted by molar-refractivity contribution is 7.09. The van der Waals surface area contributed by atoms with Crippen LogP contribution in [0.25, 0.3) is 0 Å². The van der Waals surface area contributed by atoms with E-state index in [1.165, 1.54) is 12.8 Å². The first kappa shape index (κ1) is 16.1. The summed E-state index contributed by atoms with van der Waals surface area (Å²) in [4.78, 5) is 7.19. The van der Waals surface area contributed by atoms with Gasteiger partial charge in [-0.15, -0.1) is 16.4 Å². The standard InChI is InChI=1S/C16H24N6OS/c1-16(2,3)13-10-24-15(17-13)12-8-21(6-7-23-12)9-14-18-19-20-22(14)11-4-5-11/h10-12H,4-9H2,1-3H3/t12-/m1/s1. The summed E-state index contributed by atoms with van der Waals surface area (Å²) >= 11 is 1.70. The third kappa shape index (κ3) is 3.36. The molecule has 2 aromatic rings. The molecule has 1 saturated heterocycles. The van der Waals surface area contributed by atoms with Crippen molar-refractivity contribution in [3.05, 3.63) is 21.9 Å². The first-order chi connectivity index (χ1) is 11.5. The van der Waals surface area contributed by atoms with Crippen LogP contribution in [-0.4, -0.2) is 49.8 Å². The molecule has 0 N–H and O–H groups in total. The quantitative estimate of drug-likeness (QED) is 0.845. The molecule has 0 bridgehead atoms. The van der Waals surface area contributed by atoms with Crippen LogP contribution in [0.2, 0.25) is 0 Å². The van der Waals surface area contributed by atoms with E-state index in [9.17, 15) is 0 Å². The zero-order chi connectivity index (χ0) is 16.7. The van der Waals surface area contributed by atoms with Crippen molar-refractivity contribution in [2.45, 2.75) is 57.7 Å². The van der Waals surface area contributed by atoms with E-state index in [2.05, 4.69) is 46.6 Å². The second-order valence-electron chi connectivity index (χ2n) is 7.69. The van der Waals surface area contributed by atoms with Crippen molar-refractivity contribution in [3.8, 4) is 0 Å². The van der Waals surface area contributed by atoms with E-state index in [0.717, 1.165) is 42.8 Å². The van der Waals surface area contributed by atoms with Gasteiger partial charge in [0, 0.05) is 23.9 Å². The van der Waals surface area contributed by atoms with Gasteiger partial charge in [-0.2, -0.15) is 0 Å². The molecule has 2 aliphatic rings. The van der Waals surface area contributed by atoms with Crippen molar-refractivity contribution in [1.29, 1.82) is 0 Å². The van der Waals surface area contributed by atoms with Gasteiger partial charge in [0.05, 0.1) is 24.9 Å². The highest BCUT2D eigenvalue weighted by Crippen LogP contribution is 2.35. The molecule has 1 saturated carbocycles. The predicted molar refractivity (Wildman–Crippen MR) is 90.9 cm³/mol. The summed E-state index contributed by atoms with van der Waals surface area (Å²) in [7, 11) is 0. The average molecular weight is 348 g/mol. The Labute approximate surface area is 146 Å². The number of thiazole rings is 1. The van der Waals surface area contributed by atoms with Crippen LogP contribution in [0.3, 0.4) is 0 Å². The zero-order valence-electron chi connectivity index (χ0n) is 14.5. The molecule has 0 aromatic carbocycles. The van der Waals surface area contributed by atoms with E-state index >= 15 is 0 Å². The second kappa shape index (κ2) is 6.16. The molecule has 8 heteroatoms. The number of tetrazole rings is 1. The Kier molecular flexibility index (Phi) is 4.14. The van der Waals surface area contributed by atoms with E-state index in [1.54, 1.807) is 11.3 Å². The lowest BCUT2D eigenvalue weighted by atomic mass is 9.93. The molecular formula is C16H24N6OS. The molecule has 1 aliphatic heterocycles. The van der Waals surface area contributed by atoms with Gasteiger partial charge in [0.25, 0.3) is 0 Å². The normalized spacial score (nSPS) is 22.9. The summed E-state index contributed by atoms with van der Waals surface area (Å²) < 4.78 is 7.97. The summed E-state index contributed by atoms with van der Waals surface area (Å²) in [6.45, 7) is 9.83. The maximum Gasteiger partial charge on any atom is 0.165 e. The van der Waals surface area contributed by atoms with Crippen molar-refractivity contribution in [3.63, 3.8) is 0 Å². The number of ether oxygens (including phenoxy) is 1. The van der Waals surface area contributed by atoms with E-state index in [0.29, 0.717) is 6.04 Å². The molecule has 7 nitrogen and oxygen atoms in total. The summed E-state index contributed by atoms with van der Waals surface area (Å²) in [6.07, 6.45) is 2.43. The number of hydrogen-bond acceptors (Lipinski definition) is 7. The Morgan fingerprint density at radius 2 is 2.17 bits per heavy atom. The molecule has 2 fully saturated rings. The first-order valence-corrected chi connectivity index (χ1v) is 9.45. The molecule has 0 unspecified atom stereocenters. The number of rotatable bonds is 4. The molecule has 1 aliphatic carbocycles. The molecule has 24 heavy (non-hydrogen) atoms. The maximum absolute atomic E-state index is 5.98. The van der Waals surface area contributed by atoms with E-state index < -0.39 is 0 Å². The lowest BCUT2D eigenvalue weighted by Gasteiger charge is -2.31. The van der Waals surface area contributed by atoms with Crippen molar-refractivity contribution in [2.24, 2.45) is 0 Å². The van der Waals surface area contributed by atoms with Gasteiger partial charge in [0.2, 0.25) is 0 Å². The Hall–Kier alpha value is -1.38. The number of nitrogens with zero attached hydrogens (tertiary/aromatic N) is 6. The molecular weight excluding hydrogens is 324 g/mol. The fourth-order valence-electron chi connectivity index (χ4n) is 2.89. The minimum Gasteiger partial charge on any atom is -0.368 e. The molecule has 1 atom stereocenters. The van der Waals surface area contributed by atoms with Crippen LogP contribution in [0.15, 0.2) is 5.38 Å². The Morgan fingerprint density at radius 1 is 1.33 bits per heavy atom. The van der Waals surface area contributed by atoms with E-state index in [-0.39, 0.29) is 11.5 Å². The first-order valence-electron chi connectivity index (χ1n) is 8.57. The third-order valence-electron chi connectivity index (χ3n) is 4.54. The van der Waals surface area contributed by atoms with Crippen LogP contribution in [0.4, 0.5) is 0 Å². The minimum atomic E-state index is 0.0464. The summed E-state index contributed by atoms with van der Waals surface area (Å²) in [5.74, 6) is 0.965. The summed E-state index contributed by atoms with van der Waals surface area (Å²) in [6, 6.07) is 0.514. The number of aromatic nitrogens is 5. The second-order valence-corrected chi connectivity index (χ2v) is 8.58. The fourth-order valence-corrected chi connectivity index (χ4v) is 3.98. The highest BCUT2D eigenvalue weighted by Gasteiger charge is 2.30. The van der Waals surface area contributed by atoms with Gasteiger partial charge in [-0.05, 0) is 23.3 Å². The lowest BCUT2D eigenvalue weighted by Crippen LogP contribution is -2.38. The third-order valence-corrected chi connectivity index (χ3v) is 5.47. The van der Waals surface area contributed by atoms with Crippen LogP contribution in [-0.2, 0) is 16.7 Å². The molecule has 4 rings (SSSR count). The molecule has 2 aromatic heterocycles. The molecule has 130 valence electrons. The fraction of sp³-hybridized carbons (Fsp3) is 0.750. The van der Waals surface area contributed by atoms with Gasteiger partial charge < -0.3 is 4.74 Å². The zero-order valence-corrected chi connectivity index (χ0v) is 15.3.